The van der Waals surface area contributed by atoms with Crippen LogP contribution in [0.1, 0.15) is 16.1 Å². The molecule has 0 fully saturated rings. The maximum absolute atomic E-state index is 12.8. The van der Waals surface area contributed by atoms with Gasteiger partial charge in [-0.25, -0.2) is 9.78 Å². The molecular weight excluding hydrogens is 354 g/mol. The standard InChI is InChI=1S/C22H17N3O3/c1-14-12-17(22(27)28)24-21-20(14)18(26)13-19(23-15-8-4-2-5-9-15)25(21)16-10-6-3-7-11-16/h2-13,23H,1H3,(H,27,28). The lowest BCUT2D eigenvalue weighted by atomic mass is 10.1. The smallest absolute Gasteiger partial charge is 0.354 e. The van der Waals surface area contributed by atoms with Crippen LogP contribution < -0.4 is 10.7 Å². The molecule has 0 atom stereocenters. The number of benzene rings is 2. The molecule has 0 aliphatic rings. The summed E-state index contributed by atoms with van der Waals surface area (Å²) in [5.41, 5.74) is 2.11. The lowest BCUT2D eigenvalue weighted by Crippen LogP contribution is -2.16. The molecule has 2 N–H and O–H groups in total. The van der Waals surface area contributed by atoms with E-state index < -0.39 is 5.97 Å². The minimum absolute atomic E-state index is 0.106. The topological polar surface area (TPSA) is 84.2 Å². The van der Waals surface area contributed by atoms with Gasteiger partial charge in [-0.15, -0.1) is 0 Å². The molecule has 6 nitrogen and oxygen atoms in total. The fourth-order valence-corrected chi connectivity index (χ4v) is 3.21. The number of carboxylic acids is 1. The van der Waals surface area contributed by atoms with Gasteiger partial charge in [0.2, 0.25) is 0 Å². The number of nitrogens with zero attached hydrogens (tertiary/aromatic N) is 2. The number of anilines is 2. The second-order valence-electron chi connectivity index (χ2n) is 6.38. The lowest BCUT2D eigenvalue weighted by molar-refractivity contribution is 0.0690. The third kappa shape index (κ3) is 3.12. The van der Waals surface area contributed by atoms with Crippen molar-refractivity contribution in [2.45, 2.75) is 6.92 Å². The number of carbonyl (C=O) groups is 1. The first-order chi connectivity index (χ1) is 13.5. The first-order valence-corrected chi connectivity index (χ1v) is 8.73. The zero-order chi connectivity index (χ0) is 19.7. The van der Waals surface area contributed by atoms with Crippen LogP contribution in [0.25, 0.3) is 16.7 Å². The Kier molecular flexibility index (Phi) is 4.37. The minimum Gasteiger partial charge on any atom is -0.477 e. The van der Waals surface area contributed by atoms with Gasteiger partial charge in [0.1, 0.15) is 5.82 Å². The summed E-state index contributed by atoms with van der Waals surface area (Å²) in [5.74, 6) is -0.636. The summed E-state index contributed by atoms with van der Waals surface area (Å²) in [6.45, 7) is 1.72. The van der Waals surface area contributed by atoms with Crippen LogP contribution in [0, 0.1) is 6.92 Å². The number of hydrogen-bond donors (Lipinski definition) is 2. The molecule has 138 valence electrons. The number of nitrogens with one attached hydrogen (secondary N) is 1. The largest absolute Gasteiger partial charge is 0.477 e. The predicted molar refractivity (Wildman–Crippen MR) is 109 cm³/mol. The Hall–Kier alpha value is -3.93. The van der Waals surface area contributed by atoms with E-state index >= 15 is 0 Å². The highest BCUT2D eigenvalue weighted by Crippen LogP contribution is 2.26. The van der Waals surface area contributed by atoms with Crippen molar-refractivity contribution < 1.29 is 9.90 Å². The third-order valence-corrected chi connectivity index (χ3v) is 4.44. The number of fused-ring (bicyclic) bond motifs is 1. The lowest BCUT2D eigenvalue weighted by Gasteiger charge is -2.18. The molecule has 28 heavy (non-hydrogen) atoms. The summed E-state index contributed by atoms with van der Waals surface area (Å²) in [5, 5.41) is 13.1. The second kappa shape index (κ2) is 7.00. The van der Waals surface area contributed by atoms with Crippen molar-refractivity contribution in [3.05, 3.63) is 94.3 Å². The number of para-hydroxylation sites is 2. The fourth-order valence-electron chi connectivity index (χ4n) is 3.21. The Balaban J connectivity index is 2.08. The minimum atomic E-state index is -1.14. The Morgan fingerprint density at radius 3 is 2.29 bits per heavy atom. The molecule has 0 saturated carbocycles. The fraction of sp³-hybridized carbons (Fsp3) is 0.0455. The first kappa shape index (κ1) is 17.5. The van der Waals surface area contributed by atoms with Crippen molar-refractivity contribution in [3.63, 3.8) is 0 Å². The van der Waals surface area contributed by atoms with E-state index in [0.29, 0.717) is 22.4 Å². The van der Waals surface area contributed by atoms with Crippen molar-refractivity contribution in [2.24, 2.45) is 0 Å². The zero-order valence-electron chi connectivity index (χ0n) is 15.1. The summed E-state index contributed by atoms with van der Waals surface area (Å²) >= 11 is 0. The summed E-state index contributed by atoms with van der Waals surface area (Å²) in [6, 6.07) is 21.8. The average molecular weight is 371 g/mol. The van der Waals surface area contributed by atoms with Crippen LogP contribution >= 0.6 is 0 Å². The molecule has 0 saturated heterocycles. The highest BCUT2D eigenvalue weighted by Gasteiger charge is 2.17. The van der Waals surface area contributed by atoms with Gasteiger partial charge < -0.3 is 10.4 Å². The summed E-state index contributed by atoms with van der Waals surface area (Å²) in [7, 11) is 0. The first-order valence-electron chi connectivity index (χ1n) is 8.73. The summed E-state index contributed by atoms with van der Waals surface area (Å²) < 4.78 is 1.77. The normalized spacial score (nSPS) is 10.8. The average Bonchev–Trinajstić information content (AvgIpc) is 2.69. The number of carboxylic acid groups (broad SMARTS) is 1. The quantitative estimate of drug-likeness (QED) is 0.563. The Labute approximate surface area is 160 Å². The summed E-state index contributed by atoms with van der Waals surface area (Å²) in [6.07, 6.45) is 0. The molecule has 0 spiro atoms. The van der Waals surface area contributed by atoms with E-state index in [1.807, 2.05) is 60.7 Å². The van der Waals surface area contributed by atoms with Gasteiger partial charge in [-0.05, 0) is 42.8 Å². The molecule has 2 aromatic carbocycles. The molecule has 6 heteroatoms. The molecule has 4 rings (SSSR count). The van der Waals surface area contributed by atoms with Crippen molar-refractivity contribution >= 4 is 28.5 Å². The van der Waals surface area contributed by atoms with Gasteiger partial charge in [-0.2, -0.15) is 0 Å². The van der Waals surface area contributed by atoms with E-state index in [9.17, 15) is 14.7 Å². The number of rotatable bonds is 4. The van der Waals surface area contributed by atoms with Crippen molar-refractivity contribution in [1.82, 2.24) is 9.55 Å². The molecule has 0 aliphatic carbocycles. The molecule has 4 aromatic rings. The Morgan fingerprint density at radius 2 is 1.64 bits per heavy atom. The highest BCUT2D eigenvalue weighted by atomic mass is 16.4. The van der Waals surface area contributed by atoms with Crippen LogP contribution in [-0.2, 0) is 0 Å². The van der Waals surface area contributed by atoms with E-state index in [0.717, 1.165) is 11.4 Å². The number of aromatic nitrogens is 2. The third-order valence-electron chi connectivity index (χ3n) is 4.44. The molecule has 0 aliphatic heterocycles. The summed E-state index contributed by atoms with van der Waals surface area (Å²) in [4.78, 5) is 28.7. The van der Waals surface area contributed by atoms with Crippen LogP contribution in [0.3, 0.4) is 0 Å². The van der Waals surface area contributed by atoms with E-state index in [1.54, 1.807) is 11.5 Å². The van der Waals surface area contributed by atoms with Gasteiger partial charge in [0, 0.05) is 17.4 Å². The van der Waals surface area contributed by atoms with E-state index in [1.165, 1.54) is 12.1 Å². The Morgan fingerprint density at radius 1 is 1.00 bits per heavy atom. The van der Waals surface area contributed by atoms with Crippen LogP contribution in [0.15, 0.2) is 77.6 Å². The highest BCUT2D eigenvalue weighted by molar-refractivity contribution is 5.91. The zero-order valence-corrected chi connectivity index (χ0v) is 15.1. The number of pyridine rings is 2. The van der Waals surface area contributed by atoms with Crippen molar-refractivity contribution in [3.8, 4) is 5.69 Å². The second-order valence-corrected chi connectivity index (χ2v) is 6.38. The van der Waals surface area contributed by atoms with Gasteiger partial charge in [0.25, 0.3) is 0 Å². The maximum Gasteiger partial charge on any atom is 0.354 e. The van der Waals surface area contributed by atoms with Crippen LogP contribution in [-0.4, -0.2) is 20.6 Å². The molecule has 0 bridgehead atoms. The molecule has 2 aromatic heterocycles. The van der Waals surface area contributed by atoms with Gasteiger partial charge in [0.05, 0.1) is 5.39 Å². The number of aromatic carboxylic acids is 1. The van der Waals surface area contributed by atoms with Gasteiger partial charge in [0.15, 0.2) is 16.8 Å². The van der Waals surface area contributed by atoms with Crippen LogP contribution in [0.2, 0.25) is 0 Å². The Bertz CT molecular complexity index is 1230. The SMILES string of the molecule is Cc1cc(C(=O)O)nc2c1c(=O)cc(Nc1ccccc1)n2-c1ccccc1. The number of aryl methyl sites for hydroxylation is 1. The predicted octanol–water partition coefficient (Wildman–Crippen LogP) is 4.14. The molecule has 0 radical (unpaired) electrons. The van der Waals surface area contributed by atoms with E-state index in [4.69, 9.17) is 0 Å². The van der Waals surface area contributed by atoms with Crippen LogP contribution in [0.5, 0.6) is 0 Å². The van der Waals surface area contributed by atoms with Crippen molar-refractivity contribution in [2.75, 3.05) is 5.32 Å². The van der Waals surface area contributed by atoms with Gasteiger partial charge in [-0.1, -0.05) is 36.4 Å². The van der Waals surface area contributed by atoms with Crippen LogP contribution in [0.4, 0.5) is 11.5 Å². The van der Waals surface area contributed by atoms with Gasteiger partial charge >= 0.3 is 5.97 Å². The van der Waals surface area contributed by atoms with E-state index in [-0.39, 0.29) is 11.1 Å². The maximum atomic E-state index is 12.8. The molecular formula is C22H17N3O3. The molecule has 2 heterocycles. The molecule has 0 amide bonds. The molecule has 0 unspecified atom stereocenters. The van der Waals surface area contributed by atoms with E-state index in [2.05, 4.69) is 10.3 Å². The number of hydrogen-bond acceptors (Lipinski definition) is 4. The van der Waals surface area contributed by atoms with Crippen molar-refractivity contribution in [1.29, 1.82) is 0 Å². The monoisotopic (exact) mass is 371 g/mol. The van der Waals surface area contributed by atoms with Gasteiger partial charge in [-0.3, -0.25) is 9.36 Å².